The van der Waals surface area contributed by atoms with Gasteiger partial charge in [-0.25, -0.2) is 0 Å². The lowest BCUT2D eigenvalue weighted by molar-refractivity contribution is -0.126. The predicted octanol–water partition coefficient (Wildman–Crippen LogP) is 2.47. The molecular weight excluding hydrogens is 302 g/mol. The number of nitrogens with zero attached hydrogens (tertiary/aromatic N) is 1. The van der Waals surface area contributed by atoms with Crippen LogP contribution in [0.15, 0.2) is 24.3 Å². The van der Waals surface area contributed by atoms with Crippen molar-refractivity contribution in [2.75, 3.05) is 26.7 Å². The minimum Gasteiger partial charge on any atom is -0.497 e. The lowest BCUT2D eigenvalue weighted by Gasteiger charge is -2.30. The quantitative estimate of drug-likeness (QED) is 0.767. The van der Waals surface area contributed by atoms with E-state index >= 15 is 0 Å². The van der Waals surface area contributed by atoms with Gasteiger partial charge in [0, 0.05) is 6.54 Å². The number of likely N-dealkylation sites (tertiary alicyclic amines) is 1. The molecule has 134 valence electrons. The second kappa shape index (κ2) is 8.49. The van der Waals surface area contributed by atoms with Crippen LogP contribution in [-0.2, 0) is 4.79 Å². The van der Waals surface area contributed by atoms with Gasteiger partial charge in [-0.1, -0.05) is 25.5 Å². The van der Waals surface area contributed by atoms with E-state index in [1.165, 1.54) is 18.4 Å². The number of nitrogens with two attached hydrogens (primary N) is 1. The Hall–Kier alpha value is -1.59. The first-order chi connectivity index (χ1) is 11.5. The molecule has 0 saturated carbocycles. The van der Waals surface area contributed by atoms with Crippen molar-refractivity contribution in [1.82, 2.24) is 10.2 Å². The number of amides is 1. The fraction of sp³-hybridized carbons (Fsp3) is 0.632. The van der Waals surface area contributed by atoms with Gasteiger partial charge < -0.3 is 15.8 Å². The first-order valence-corrected chi connectivity index (χ1v) is 8.93. The fourth-order valence-corrected chi connectivity index (χ4v) is 3.36. The van der Waals surface area contributed by atoms with Crippen LogP contribution in [-0.4, -0.2) is 43.1 Å². The molecule has 1 amide bonds. The Morgan fingerprint density at radius 1 is 1.33 bits per heavy atom. The van der Waals surface area contributed by atoms with Crippen molar-refractivity contribution in [3.8, 4) is 5.75 Å². The number of rotatable bonds is 8. The third kappa shape index (κ3) is 4.71. The Labute approximate surface area is 145 Å². The van der Waals surface area contributed by atoms with Crippen LogP contribution in [0.5, 0.6) is 5.75 Å². The lowest BCUT2D eigenvalue weighted by atomic mass is 9.96. The maximum Gasteiger partial charge on any atom is 0.239 e. The molecule has 24 heavy (non-hydrogen) atoms. The first-order valence-electron chi connectivity index (χ1n) is 8.93. The summed E-state index contributed by atoms with van der Waals surface area (Å²) in [6, 6.07) is 8.30. The summed E-state index contributed by atoms with van der Waals surface area (Å²) in [5.74, 6) is 0.780. The van der Waals surface area contributed by atoms with Crippen LogP contribution in [0, 0.1) is 0 Å². The van der Waals surface area contributed by atoms with E-state index in [9.17, 15) is 4.79 Å². The average molecular weight is 333 g/mol. The Balaban J connectivity index is 2.07. The molecule has 1 aliphatic heterocycles. The molecule has 1 aromatic carbocycles. The Morgan fingerprint density at radius 3 is 2.50 bits per heavy atom. The van der Waals surface area contributed by atoms with Crippen molar-refractivity contribution in [2.24, 2.45) is 5.73 Å². The highest BCUT2D eigenvalue weighted by molar-refractivity contribution is 5.85. The van der Waals surface area contributed by atoms with Gasteiger partial charge >= 0.3 is 0 Å². The maximum absolute atomic E-state index is 12.4. The van der Waals surface area contributed by atoms with Gasteiger partial charge in [-0.05, 0) is 57.0 Å². The van der Waals surface area contributed by atoms with Crippen molar-refractivity contribution in [2.45, 2.75) is 51.1 Å². The summed E-state index contributed by atoms with van der Waals surface area (Å²) < 4.78 is 5.24. The molecule has 1 fully saturated rings. The summed E-state index contributed by atoms with van der Waals surface area (Å²) in [5.41, 5.74) is 6.54. The highest BCUT2D eigenvalue weighted by Gasteiger charge is 2.29. The molecule has 1 aliphatic rings. The molecule has 5 heteroatoms. The lowest BCUT2D eigenvalue weighted by Crippen LogP contribution is -2.53. The van der Waals surface area contributed by atoms with E-state index in [0.29, 0.717) is 13.0 Å². The first kappa shape index (κ1) is 18.7. The molecule has 0 radical (unpaired) electrons. The summed E-state index contributed by atoms with van der Waals surface area (Å²) in [4.78, 5) is 14.9. The summed E-state index contributed by atoms with van der Waals surface area (Å²) in [6.07, 6.45) is 4.01. The summed E-state index contributed by atoms with van der Waals surface area (Å²) >= 11 is 0. The van der Waals surface area contributed by atoms with Crippen molar-refractivity contribution in [3.63, 3.8) is 0 Å². The number of hydrogen-bond donors (Lipinski definition) is 2. The van der Waals surface area contributed by atoms with Crippen LogP contribution in [0.3, 0.4) is 0 Å². The summed E-state index contributed by atoms with van der Waals surface area (Å²) in [6.45, 7) is 6.58. The molecule has 2 rings (SSSR count). The average Bonchev–Trinajstić information content (AvgIpc) is 3.09. The largest absolute Gasteiger partial charge is 0.497 e. The second-order valence-electron chi connectivity index (χ2n) is 6.91. The number of nitrogens with one attached hydrogen (secondary N) is 1. The van der Waals surface area contributed by atoms with E-state index in [4.69, 9.17) is 10.5 Å². The van der Waals surface area contributed by atoms with Crippen molar-refractivity contribution >= 4 is 5.91 Å². The zero-order chi connectivity index (χ0) is 17.6. The third-order valence-electron chi connectivity index (χ3n) is 4.83. The molecule has 0 aromatic heterocycles. The topological polar surface area (TPSA) is 67.6 Å². The van der Waals surface area contributed by atoms with Crippen LogP contribution in [0.2, 0.25) is 0 Å². The highest BCUT2D eigenvalue weighted by atomic mass is 16.5. The molecule has 1 aromatic rings. The van der Waals surface area contributed by atoms with E-state index in [-0.39, 0.29) is 11.9 Å². The van der Waals surface area contributed by atoms with Crippen LogP contribution in [0.1, 0.15) is 51.1 Å². The number of carbonyl (C=O) groups excluding carboxylic acids is 1. The number of hydrogen-bond acceptors (Lipinski definition) is 4. The van der Waals surface area contributed by atoms with Gasteiger partial charge in [0.1, 0.15) is 5.75 Å². The predicted molar refractivity (Wildman–Crippen MR) is 97.1 cm³/mol. The van der Waals surface area contributed by atoms with Gasteiger partial charge in [0.25, 0.3) is 0 Å². The molecule has 2 unspecified atom stereocenters. The van der Waals surface area contributed by atoms with E-state index in [1.807, 2.05) is 26.0 Å². The SMILES string of the molecule is CCCC(C)(N)C(=O)NCC(c1ccc(OC)cc1)N1CCCC1. The smallest absolute Gasteiger partial charge is 0.239 e. The van der Waals surface area contributed by atoms with Gasteiger partial charge in [0.2, 0.25) is 5.91 Å². The van der Waals surface area contributed by atoms with Crippen LogP contribution < -0.4 is 15.8 Å². The Morgan fingerprint density at radius 2 is 1.96 bits per heavy atom. The fourth-order valence-electron chi connectivity index (χ4n) is 3.36. The number of carbonyl (C=O) groups is 1. The van der Waals surface area contributed by atoms with Crippen LogP contribution in [0.4, 0.5) is 0 Å². The van der Waals surface area contributed by atoms with Gasteiger partial charge in [0.05, 0.1) is 18.7 Å². The monoisotopic (exact) mass is 333 g/mol. The van der Waals surface area contributed by atoms with Crippen molar-refractivity contribution < 1.29 is 9.53 Å². The molecule has 1 saturated heterocycles. The summed E-state index contributed by atoms with van der Waals surface area (Å²) in [7, 11) is 1.67. The minimum absolute atomic E-state index is 0.0675. The Kier molecular flexibility index (Phi) is 6.63. The van der Waals surface area contributed by atoms with Crippen LogP contribution in [0.25, 0.3) is 0 Å². The second-order valence-corrected chi connectivity index (χ2v) is 6.91. The third-order valence-corrected chi connectivity index (χ3v) is 4.83. The van der Waals surface area contributed by atoms with Crippen molar-refractivity contribution in [3.05, 3.63) is 29.8 Å². The molecule has 2 atom stereocenters. The molecule has 0 bridgehead atoms. The van der Waals surface area contributed by atoms with Gasteiger partial charge in [-0.2, -0.15) is 0 Å². The molecular formula is C19H31N3O2. The minimum atomic E-state index is -0.801. The highest BCUT2D eigenvalue weighted by Crippen LogP contribution is 2.26. The standard InChI is InChI=1S/C19H31N3O2/c1-4-11-19(2,20)18(23)21-14-17(22-12-5-6-13-22)15-7-9-16(24-3)10-8-15/h7-10,17H,4-6,11-14,20H2,1-3H3,(H,21,23). The van der Waals surface area contributed by atoms with E-state index in [1.54, 1.807) is 7.11 Å². The summed E-state index contributed by atoms with van der Waals surface area (Å²) in [5, 5.41) is 3.07. The number of methoxy groups -OCH3 is 1. The molecule has 0 spiro atoms. The van der Waals surface area contributed by atoms with Crippen molar-refractivity contribution in [1.29, 1.82) is 0 Å². The van der Waals surface area contributed by atoms with E-state index < -0.39 is 5.54 Å². The molecule has 3 N–H and O–H groups in total. The Bertz CT molecular complexity index is 522. The zero-order valence-corrected chi connectivity index (χ0v) is 15.2. The van der Waals surface area contributed by atoms with E-state index in [0.717, 1.165) is 25.3 Å². The van der Waals surface area contributed by atoms with Gasteiger partial charge in [-0.15, -0.1) is 0 Å². The van der Waals surface area contributed by atoms with Gasteiger partial charge in [0.15, 0.2) is 0 Å². The van der Waals surface area contributed by atoms with E-state index in [2.05, 4.69) is 22.3 Å². The molecule has 5 nitrogen and oxygen atoms in total. The van der Waals surface area contributed by atoms with Gasteiger partial charge in [-0.3, -0.25) is 9.69 Å². The normalized spacial score (nSPS) is 18.8. The number of ether oxygens (including phenoxy) is 1. The van der Waals surface area contributed by atoms with Crippen LogP contribution >= 0.6 is 0 Å². The molecule has 0 aliphatic carbocycles. The number of benzene rings is 1. The maximum atomic E-state index is 12.4. The zero-order valence-electron chi connectivity index (χ0n) is 15.2. The molecule has 1 heterocycles.